The van der Waals surface area contributed by atoms with Crippen LogP contribution in [0.3, 0.4) is 0 Å². The lowest BCUT2D eigenvalue weighted by atomic mass is 9.99. The summed E-state index contributed by atoms with van der Waals surface area (Å²) in [5.41, 5.74) is 1.20. The topological polar surface area (TPSA) is 37.8 Å². The first-order valence-corrected chi connectivity index (χ1v) is 9.02. The summed E-state index contributed by atoms with van der Waals surface area (Å²) in [7, 11) is 0. The maximum absolute atomic E-state index is 4.92. The number of hydrogen-bond acceptors (Lipinski definition) is 3. The summed E-state index contributed by atoms with van der Waals surface area (Å²) >= 11 is 2.39. The molecule has 20 heavy (non-hydrogen) atoms. The highest BCUT2D eigenvalue weighted by atomic mass is 127. The number of aromatic nitrogens is 2. The van der Waals surface area contributed by atoms with Crippen molar-refractivity contribution < 1.29 is 0 Å². The van der Waals surface area contributed by atoms with Gasteiger partial charge in [0.1, 0.15) is 11.6 Å². The molecule has 0 spiro atoms. The second-order valence-corrected chi connectivity index (χ2v) is 7.08. The Balaban J connectivity index is 2.35. The molecular formula is C16H26IN3. The van der Waals surface area contributed by atoms with Gasteiger partial charge in [-0.25, -0.2) is 9.97 Å². The van der Waals surface area contributed by atoms with E-state index in [0.717, 1.165) is 18.2 Å². The van der Waals surface area contributed by atoms with Crippen LogP contribution in [0.1, 0.15) is 82.7 Å². The highest BCUT2D eigenvalue weighted by molar-refractivity contribution is 14.1. The molecule has 1 aliphatic rings. The van der Waals surface area contributed by atoms with Crippen molar-refractivity contribution in [2.24, 2.45) is 0 Å². The molecule has 0 unspecified atom stereocenters. The SMILES string of the molecule is CCNc1nc(C2CCCCCC2)nc(C(C)C)c1I. The lowest BCUT2D eigenvalue weighted by Crippen LogP contribution is -2.13. The second kappa shape index (κ2) is 7.57. The summed E-state index contributed by atoms with van der Waals surface area (Å²) in [5, 5.41) is 3.41. The van der Waals surface area contributed by atoms with E-state index in [1.807, 2.05) is 0 Å². The van der Waals surface area contributed by atoms with E-state index in [0.29, 0.717) is 11.8 Å². The van der Waals surface area contributed by atoms with E-state index in [1.165, 1.54) is 47.8 Å². The van der Waals surface area contributed by atoms with Crippen LogP contribution in [-0.2, 0) is 0 Å². The molecule has 1 saturated carbocycles. The van der Waals surface area contributed by atoms with Crippen LogP contribution in [0.4, 0.5) is 5.82 Å². The highest BCUT2D eigenvalue weighted by Crippen LogP contribution is 2.33. The molecule has 0 aliphatic heterocycles. The van der Waals surface area contributed by atoms with E-state index in [-0.39, 0.29) is 0 Å². The molecule has 1 aromatic rings. The van der Waals surface area contributed by atoms with Crippen molar-refractivity contribution in [1.82, 2.24) is 9.97 Å². The Labute approximate surface area is 136 Å². The van der Waals surface area contributed by atoms with Crippen molar-refractivity contribution in [3.8, 4) is 0 Å². The number of hydrogen-bond donors (Lipinski definition) is 1. The minimum absolute atomic E-state index is 0.451. The van der Waals surface area contributed by atoms with Gasteiger partial charge in [-0.2, -0.15) is 0 Å². The molecule has 0 bridgehead atoms. The monoisotopic (exact) mass is 387 g/mol. The maximum atomic E-state index is 4.92. The van der Waals surface area contributed by atoms with Gasteiger partial charge in [-0.05, 0) is 48.3 Å². The summed E-state index contributed by atoms with van der Waals surface area (Å²) in [5.74, 6) is 3.12. The Kier molecular flexibility index (Phi) is 6.05. The third-order valence-electron chi connectivity index (χ3n) is 4.01. The lowest BCUT2D eigenvalue weighted by Gasteiger charge is -2.18. The van der Waals surface area contributed by atoms with Gasteiger partial charge < -0.3 is 5.32 Å². The fraction of sp³-hybridized carbons (Fsp3) is 0.750. The van der Waals surface area contributed by atoms with Crippen LogP contribution >= 0.6 is 22.6 Å². The van der Waals surface area contributed by atoms with Crippen LogP contribution in [0, 0.1) is 3.57 Å². The molecule has 1 aliphatic carbocycles. The molecule has 0 atom stereocenters. The summed E-state index contributed by atoms with van der Waals surface area (Å²) in [6, 6.07) is 0. The smallest absolute Gasteiger partial charge is 0.143 e. The molecule has 1 N–H and O–H groups in total. The summed E-state index contributed by atoms with van der Waals surface area (Å²) in [6.45, 7) is 7.47. The third kappa shape index (κ3) is 3.83. The number of halogens is 1. The van der Waals surface area contributed by atoms with E-state index >= 15 is 0 Å². The van der Waals surface area contributed by atoms with Crippen molar-refractivity contribution in [3.63, 3.8) is 0 Å². The van der Waals surface area contributed by atoms with E-state index in [4.69, 9.17) is 9.97 Å². The molecular weight excluding hydrogens is 361 g/mol. The van der Waals surface area contributed by atoms with E-state index in [9.17, 15) is 0 Å². The predicted octanol–water partition coefficient (Wildman–Crippen LogP) is 5.07. The van der Waals surface area contributed by atoms with E-state index in [2.05, 4.69) is 48.7 Å². The zero-order chi connectivity index (χ0) is 14.5. The molecule has 1 heterocycles. The minimum atomic E-state index is 0.451. The Hall–Kier alpha value is -0.390. The fourth-order valence-electron chi connectivity index (χ4n) is 2.87. The Bertz CT molecular complexity index is 438. The molecule has 4 heteroatoms. The lowest BCUT2D eigenvalue weighted by molar-refractivity contribution is 0.555. The third-order valence-corrected chi connectivity index (χ3v) is 5.07. The first-order valence-electron chi connectivity index (χ1n) is 7.94. The van der Waals surface area contributed by atoms with Gasteiger partial charge in [-0.3, -0.25) is 0 Å². The Morgan fingerprint density at radius 3 is 2.35 bits per heavy atom. The standard InChI is InChI=1S/C16H26IN3/c1-4-18-16-13(17)14(11(2)3)19-15(20-16)12-9-7-5-6-8-10-12/h11-12H,4-10H2,1-3H3,(H,18,19,20). The first-order chi connectivity index (χ1) is 9.63. The number of nitrogens with one attached hydrogen (secondary N) is 1. The molecule has 1 fully saturated rings. The van der Waals surface area contributed by atoms with Gasteiger partial charge in [0.15, 0.2) is 0 Å². The molecule has 0 aromatic carbocycles. The van der Waals surface area contributed by atoms with Crippen LogP contribution in [0.25, 0.3) is 0 Å². The molecule has 0 saturated heterocycles. The van der Waals surface area contributed by atoms with Crippen molar-refractivity contribution in [2.75, 3.05) is 11.9 Å². The zero-order valence-corrected chi connectivity index (χ0v) is 15.0. The molecule has 3 nitrogen and oxygen atoms in total. The van der Waals surface area contributed by atoms with Crippen LogP contribution in [0.2, 0.25) is 0 Å². The molecule has 0 radical (unpaired) electrons. The van der Waals surface area contributed by atoms with Gasteiger partial charge in [-0.15, -0.1) is 0 Å². The summed E-state index contributed by atoms with van der Waals surface area (Å²) in [6.07, 6.45) is 7.91. The number of nitrogens with zero attached hydrogens (tertiary/aromatic N) is 2. The van der Waals surface area contributed by atoms with Gasteiger partial charge in [0.2, 0.25) is 0 Å². The van der Waals surface area contributed by atoms with Crippen molar-refractivity contribution in [3.05, 3.63) is 15.1 Å². The number of rotatable bonds is 4. The number of anilines is 1. The fourth-order valence-corrected chi connectivity index (χ4v) is 3.92. The van der Waals surface area contributed by atoms with E-state index in [1.54, 1.807) is 0 Å². The predicted molar refractivity (Wildman–Crippen MR) is 93.4 cm³/mol. The summed E-state index contributed by atoms with van der Waals surface area (Å²) < 4.78 is 1.19. The molecule has 1 aromatic heterocycles. The van der Waals surface area contributed by atoms with Gasteiger partial charge >= 0.3 is 0 Å². The zero-order valence-electron chi connectivity index (χ0n) is 12.9. The van der Waals surface area contributed by atoms with Gasteiger partial charge in [0.25, 0.3) is 0 Å². The van der Waals surface area contributed by atoms with Crippen LogP contribution in [0.15, 0.2) is 0 Å². The normalized spacial score (nSPS) is 17.2. The Morgan fingerprint density at radius 2 is 1.80 bits per heavy atom. The maximum Gasteiger partial charge on any atom is 0.143 e. The first kappa shape index (κ1) is 16.0. The average molecular weight is 387 g/mol. The van der Waals surface area contributed by atoms with Crippen LogP contribution in [0.5, 0.6) is 0 Å². The molecule has 112 valence electrons. The van der Waals surface area contributed by atoms with E-state index < -0.39 is 0 Å². The largest absolute Gasteiger partial charge is 0.369 e. The van der Waals surface area contributed by atoms with Crippen molar-refractivity contribution in [2.45, 2.75) is 71.1 Å². The highest BCUT2D eigenvalue weighted by Gasteiger charge is 2.21. The average Bonchev–Trinajstić information content (AvgIpc) is 2.70. The van der Waals surface area contributed by atoms with Crippen LogP contribution in [-0.4, -0.2) is 16.5 Å². The molecule has 2 rings (SSSR count). The van der Waals surface area contributed by atoms with Crippen molar-refractivity contribution in [1.29, 1.82) is 0 Å². The second-order valence-electron chi connectivity index (χ2n) is 6.00. The molecule has 0 amide bonds. The van der Waals surface area contributed by atoms with Gasteiger partial charge in [-0.1, -0.05) is 39.5 Å². The minimum Gasteiger partial charge on any atom is -0.369 e. The van der Waals surface area contributed by atoms with Crippen molar-refractivity contribution >= 4 is 28.4 Å². The quantitative estimate of drug-likeness (QED) is 0.579. The van der Waals surface area contributed by atoms with Gasteiger partial charge in [0.05, 0.1) is 9.26 Å². The van der Waals surface area contributed by atoms with Crippen LogP contribution < -0.4 is 5.32 Å². The Morgan fingerprint density at radius 1 is 1.15 bits per heavy atom. The summed E-state index contributed by atoms with van der Waals surface area (Å²) in [4.78, 5) is 9.76. The van der Waals surface area contributed by atoms with Gasteiger partial charge in [0, 0.05) is 12.5 Å².